The zero-order valence-electron chi connectivity index (χ0n) is 15.6. The maximum absolute atomic E-state index is 12.6. The quantitative estimate of drug-likeness (QED) is 0.879. The van der Waals surface area contributed by atoms with Crippen LogP contribution in [0.1, 0.15) is 24.3 Å². The first-order valence-corrected chi connectivity index (χ1v) is 9.88. The second-order valence-corrected chi connectivity index (χ2v) is 8.00. The molecule has 1 aromatic heterocycles. The SMILES string of the molecule is O=C(C1CC1)N1CC(=O)N2[C@H](C1)[C@@H](c1ccc(-c3cccnc3)cc1)[C@@H]2CO. The van der Waals surface area contributed by atoms with Gasteiger partial charge in [-0.1, -0.05) is 30.3 Å². The molecule has 1 saturated carbocycles. The minimum atomic E-state index is -0.208. The van der Waals surface area contributed by atoms with Crippen LogP contribution in [-0.2, 0) is 9.59 Å². The molecule has 2 aliphatic heterocycles. The van der Waals surface area contributed by atoms with Gasteiger partial charge in [0.25, 0.3) is 0 Å². The number of carbonyl (C=O) groups is 2. The van der Waals surface area contributed by atoms with Crippen LogP contribution < -0.4 is 0 Å². The molecule has 0 radical (unpaired) electrons. The molecule has 3 fully saturated rings. The fourth-order valence-electron chi connectivity index (χ4n) is 4.69. The topological polar surface area (TPSA) is 73.7 Å². The first-order valence-electron chi connectivity index (χ1n) is 9.88. The van der Waals surface area contributed by atoms with Gasteiger partial charge in [-0.25, -0.2) is 0 Å². The van der Waals surface area contributed by atoms with Gasteiger partial charge in [0.15, 0.2) is 0 Å². The second-order valence-electron chi connectivity index (χ2n) is 8.00. The van der Waals surface area contributed by atoms with Gasteiger partial charge in [0.1, 0.15) is 0 Å². The van der Waals surface area contributed by atoms with Crippen LogP contribution in [0.25, 0.3) is 11.1 Å². The molecule has 1 N–H and O–H groups in total. The molecule has 28 heavy (non-hydrogen) atoms. The molecule has 0 bridgehead atoms. The van der Waals surface area contributed by atoms with E-state index in [1.54, 1.807) is 16.0 Å². The average molecular weight is 377 g/mol. The average Bonchev–Trinajstić information content (AvgIpc) is 3.55. The third kappa shape index (κ3) is 2.79. The summed E-state index contributed by atoms with van der Waals surface area (Å²) in [7, 11) is 0. The van der Waals surface area contributed by atoms with Crippen LogP contribution in [0.15, 0.2) is 48.8 Å². The molecule has 0 unspecified atom stereocenters. The fraction of sp³-hybridized carbons (Fsp3) is 0.409. The number of carbonyl (C=O) groups excluding carboxylic acids is 2. The molecular weight excluding hydrogens is 354 g/mol. The van der Waals surface area contributed by atoms with E-state index in [2.05, 4.69) is 29.2 Å². The molecule has 6 nitrogen and oxygen atoms in total. The smallest absolute Gasteiger partial charge is 0.242 e. The Morgan fingerprint density at radius 2 is 1.93 bits per heavy atom. The maximum Gasteiger partial charge on any atom is 0.242 e. The van der Waals surface area contributed by atoms with Crippen molar-refractivity contribution < 1.29 is 14.7 Å². The van der Waals surface area contributed by atoms with E-state index in [1.165, 1.54) is 0 Å². The molecular formula is C22H23N3O3. The van der Waals surface area contributed by atoms with Gasteiger partial charge in [-0.05, 0) is 35.6 Å². The lowest BCUT2D eigenvalue weighted by atomic mass is 9.73. The number of pyridine rings is 1. The first-order chi connectivity index (χ1) is 13.7. The summed E-state index contributed by atoms with van der Waals surface area (Å²) in [6, 6.07) is 11.9. The van der Waals surface area contributed by atoms with Crippen molar-refractivity contribution in [2.75, 3.05) is 19.7 Å². The van der Waals surface area contributed by atoms with Gasteiger partial charge in [0.2, 0.25) is 11.8 Å². The Hall–Kier alpha value is -2.73. The van der Waals surface area contributed by atoms with Gasteiger partial charge in [-0.2, -0.15) is 0 Å². The summed E-state index contributed by atoms with van der Waals surface area (Å²) in [4.78, 5) is 32.8. The lowest BCUT2D eigenvalue weighted by Gasteiger charge is -2.58. The molecule has 3 atom stereocenters. The van der Waals surface area contributed by atoms with E-state index in [0.717, 1.165) is 29.5 Å². The van der Waals surface area contributed by atoms with Crippen molar-refractivity contribution >= 4 is 11.8 Å². The van der Waals surface area contributed by atoms with E-state index in [9.17, 15) is 14.7 Å². The Labute approximate surface area is 163 Å². The molecule has 0 spiro atoms. The highest BCUT2D eigenvalue weighted by Gasteiger charge is 2.55. The third-order valence-electron chi connectivity index (χ3n) is 6.28. The zero-order chi connectivity index (χ0) is 19.3. The highest BCUT2D eigenvalue weighted by Crippen LogP contribution is 2.44. The van der Waals surface area contributed by atoms with Crippen LogP contribution in [-0.4, -0.2) is 63.5 Å². The Kier molecular flexibility index (Phi) is 4.16. The molecule has 1 aromatic carbocycles. The van der Waals surface area contributed by atoms with Crippen molar-refractivity contribution in [3.05, 3.63) is 54.4 Å². The van der Waals surface area contributed by atoms with Gasteiger partial charge < -0.3 is 14.9 Å². The van der Waals surface area contributed by atoms with E-state index in [1.807, 2.05) is 18.3 Å². The summed E-state index contributed by atoms with van der Waals surface area (Å²) in [5, 5.41) is 9.90. The summed E-state index contributed by atoms with van der Waals surface area (Å²) in [6.07, 6.45) is 5.46. The van der Waals surface area contributed by atoms with Gasteiger partial charge in [-0.3, -0.25) is 14.6 Å². The fourth-order valence-corrected chi connectivity index (χ4v) is 4.69. The number of hydrogen-bond acceptors (Lipinski definition) is 4. The predicted octanol–water partition coefficient (Wildman–Crippen LogP) is 1.66. The molecule has 3 heterocycles. The number of nitrogens with zero attached hydrogens (tertiary/aromatic N) is 3. The largest absolute Gasteiger partial charge is 0.394 e. The van der Waals surface area contributed by atoms with Crippen molar-refractivity contribution in [3.63, 3.8) is 0 Å². The van der Waals surface area contributed by atoms with Crippen molar-refractivity contribution in [2.45, 2.75) is 30.8 Å². The summed E-state index contributed by atoms with van der Waals surface area (Å²) in [5.74, 6) is 0.232. The summed E-state index contributed by atoms with van der Waals surface area (Å²) in [5.41, 5.74) is 3.23. The van der Waals surface area contributed by atoms with E-state index in [4.69, 9.17) is 0 Å². The molecule has 6 heteroatoms. The molecule has 2 aromatic rings. The molecule has 2 amide bonds. The Morgan fingerprint density at radius 1 is 1.14 bits per heavy atom. The van der Waals surface area contributed by atoms with Crippen LogP contribution in [0.2, 0.25) is 0 Å². The Bertz CT molecular complexity index is 895. The number of aliphatic hydroxyl groups is 1. The van der Waals surface area contributed by atoms with E-state index in [0.29, 0.717) is 6.54 Å². The maximum atomic E-state index is 12.6. The predicted molar refractivity (Wildman–Crippen MR) is 103 cm³/mol. The second kappa shape index (κ2) is 6.71. The zero-order valence-corrected chi connectivity index (χ0v) is 15.6. The summed E-state index contributed by atoms with van der Waals surface area (Å²) >= 11 is 0. The van der Waals surface area contributed by atoms with Crippen LogP contribution >= 0.6 is 0 Å². The van der Waals surface area contributed by atoms with E-state index in [-0.39, 0.29) is 48.9 Å². The lowest BCUT2D eigenvalue weighted by Crippen LogP contribution is -2.73. The molecule has 3 aliphatic rings. The van der Waals surface area contributed by atoms with Crippen molar-refractivity contribution in [3.8, 4) is 11.1 Å². The number of rotatable bonds is 4. The third-order valence-corrected chi connectivity index (χ3v) is 6.28. The standard InChI is InChI=1S/C22H23N3O3/c26-13-19-21(15-5-3-14(4-6-15)17-2-1-9-23-10-17)18-11-24(12-20(27)25(18)19)22(28)16-7-8-16/h1-6,9-10,16,18-19,21,26H,7-8,11-13H2/t18-,19+,21-/m1/s1. The number of hydrogen-bond donors (Lipinski definition) is 1. The van der Waals surface area contributed by atoms with E-state index < -0.39 is 0 Å². The van der Waals surface area contributed by atoms with Crippen LogP contribution in [0, 0.1) is 5.92 Å². The Balaban J connectivity index is 1.39. The van der Waals surface area contributed by atoms with Gasteiger partial charge >= 0.3 is 0 Å². The first kappa shape index (κ1) is 17.4. The molecule has 2 saturated heterocycles. The number of amides is 2. The number of benzene rings is 1. The van der Waals surface area contributed by atoms with Crippen LogP contribution in [0.5, 0.6) is 0 Å². The number of aromatic nitrogens is 1. The summed E-state index contributed by atoms with van der Waals surface area (Å²) in [6.45, 7) is 0.648. The molecule has 144 valence electrons. The van der Waals surface area contributed by atoms with Crippen LogP contribution in [0.3, 0.4) is 0 Å². The van der Waals surface area contributed by atoms with Crippen molar-refractivity contribution in [1.82, 2.24) is 14.8 Å². The Morgan fingerprint density at radius 3 is 2.57 bits per heavy atom. The number of fused-ring (bicyclic) bond motifs is 1. The highest BCUT2D eigenvalue weighted by atomic mass is 16.3. The van der Waals surface area contributed by atoms with Crippen molar-refractivity contribution in [1.29, 1.82) is 0 Å². The number of piperazine rings is 1. The lowest BCUT2D eigenvalue weighted by molar-refractivity contribution is -0.167. The minimum absolute atomic E-state index is 0.0479. The van der Waals surface area contributed by atoms with Crippen molar-refractivity contribution in [2.24, 2.45) is 5.92 Å². The van der Waals surface area contributed by atoms with Crippen LogP contribution in [0.4, 0.5) is 0 Å². The van der Waals surface area contributed by atoms with E-state index >= 15 is 0 Å². The highest BCUT2D eigenvalue weighted by molar-refractivity contribution is 5.89. The minimum Gasteiger partial charge on any atom is -0.394 e. The number of aliphatic hydroxyl groups excluding tert-OH is 1. The van der Waals surface area contributed by atoms with Gasteiger partial charge in [-0.15, -0.1) is 0 Å². The van der Waals surface area contributed by atoms with Gasteiger partial charge in [0.05, 0.1) is 25.2 Å². The molecule has 5 rings (SSSR count). The summed E-state index contributed by atoms with van der Waals surface area (Å²) < 4.78 is 0. The monoisotopic (exact) mass is 377 g/mol. The molecule has 1 aliphatic carbocycles. The van der Waals surface area contributed by atoms with Gasteiger partial charge in [0, 0.05) is 30.8 Å². The normalized spacial score (nSPS) is 26.6.